The first-order valence-corrected chi connectivity index (χ1v) is 5.48. The molecule has 1 aromatic rings. The van der Waals surface area contributed by atoms with E-state index in [0.717, 1.165) is 18.3 Å². The van der Waals surface area contributed by atoms with Gasteiger partial charge in [-0.15, -0.1) is 0 Å². The molecule has 0 aliphatic carbocycles. The van der Waals surface area contributed by atoms with Gasteiger partial charge in [-0.3, -0.25) is 4.79 Å². The molecule has 1 rings (SSSR count). The molecule has 0 amide bonds. The minimum atomic E-state index is 0.534. The normalized spacial score (nSPS) is 10.1. The van der Waals surface area contributed by atoms with Crippen molar-refractivity contribution in [3.63, 3.8) is 0 Å². The molecule has 0 aliphatic heterocycles. The Morgan fingerprint density at radius 1 is 1.24 bits per heavy atom. The predicted octanol–water partition coefficient (Wildman–Crippen LogP) is 2.23. The van der Waals surface area contributed by atoms with Crippen molar-refractivity contribution in [1.82, 2.24) is 0 Å². The van der Waals surface area contributed by atoms with Gasteiger partial charge in [0, 0.05) is 25.7 Å². The van der Waals surface area contributed by atoms with Gasteiger partial charge in [-0.1, -0.05) is 0 Å². The van der Waals surface area contributed by atoms with Crippen LogP contribution in [0.1, 0.15) is 22.3 Å². The molecule has 17 heavy (non-hydrogen) atoms. The number of benzene rings is 1. The number of carbonyl (C=O) groups is 1. The van der Waals surface area contributed by atoms with Gasteiger partial charge in [0.25, 0.3) is 0 Å². The molecule has 0 atom stereocenters. The van der Waals surface area contributed by atoms with Crippen molar-refractivity contribution in [2.24, 2.45) is 0 Å². The largest absolute Gasteiger partial charge is 0.493 e. The number of ether oxygens (including phenoxy) is 3. The second-order valence-electron chi connectivity index (χ2n) is 3.68. The summed E-state index contributed by atoms with van der Waals surface area (Å²) in [5, 5.41) is 0. The first kappa shape index (κ1) is 13.5. The first-order valence-electron chi connectivity index (χ1n) is 5.48. The molecule has 0 aliphatic rings. The molecule has 1 aromatic carbocycles. The van der Waals surface area contributed by atoms with Gasteiger partial charge in [-0.05, 0) is 24.6 Å². The number of hydrogen-bond donors (Lipinski definition) is 0. The van der Waals surface area contributed by atoms with Crippen molar-refractivity contribution < 1.29 is 19.0 Å². The van der Waals surface area contributed by atoms with Gasteiger partial charge >= 0.3 is 0 Å². The zero-order valence-electron chi connectivity index (χ0n) is 10.5. The van der Waals surface area contributed by atoms with Gasteiger partial charge in [0.15, 0.2) is 11.5 Å². The lowest BCUT2D eigenvalue weighted by Gasteiger charge is -2.13. The van der Waals surface area contributed by atoms with Crippen LogP contribution in [-0.4, -0.2) is 33.7 Å². The topological polar surface area (TPSA) is 44.8 Å². The molecule has 4 nitrogen and oxygen atoms in total. The van der Waals surface area contributed by atoms with E-state index < -0.39 is 0 Å². The van der Waals surface area contributed by atoms with Crippen molar-refractivity contribution in [1.29, 1.82) is 0 Å². The molecule has 0 fully saturated rings. The lowest BCUT2D eigenvalue weighted by molar-refractivity contribution is 0.112. The molecule has 0 spiro atoms. The van der Waals surface area contributed by atoms with E-state index in [9.17, 15) is 4.79 Å². The monoisotopic (exact) mass is 238 g/mol. The molecular weight excluding hydrogens is 220 g/mol. The predicted molar refractivity (Wildman–Crippen MR) is 65.1 cm³/mol. The molecule has 0 radical (unpaired) electrons. The van der Waals surface area contributed by atoms with E-state index in [1.165, 1.54) is 0 Å². The summed E-state index contributed by atoms with van der Waals surface area (Å²) in [6.45, 7) is 3.06. The number of rotatable bonds is 7. The number of aryl methyl sites for hydroxylation is 1. The van der Waals surface area contributed by atoms with E-state index in [1.807, 2.05) is 6.92 Å². The Hall–Kier alpha value is -1.55. The van der Waals surface area contributed by atoms with Gasteiger partial charge in [0.1, 0.15) is 6.29 Å². The van der Waals surface area contributed by atoms with Crippen molar-refractivity contribution >= 4 is 6.29 Å². The number of hydrogen-bond acceptors (Lipinski definition) is 4. The molecule has 0 bridgehead atoms. The van der Waals surface area contributed by atoms with Gasteiger partial charge in [-0.25, -0.2) is 0 Å². The summed E-state index contributed by atoms with van der Waals surface area (Å²) in [6.07, 6.45) is 1.60. The summed E-state index contributed by atoms with van der Waals surface area (Å²) >= 11 is 0. The highest BCUT2D eigenvalue weighted by Gasteiger charge is 2.09. The number of methoxy groups -OCH3 is 2. The van der Waals surface area contributed by atoms with E-state index in [4.69, 9.17) is 14.2 Å². The van der Waals surface area contributed by atoms with E-state index in [-0.39, 0.29) is 0 Å². The zero-order valence-corrected chi connectivity index (χ0v) is 10.5. The van der Waals surface area contributed by atoms with Gasteiger partial charge in [0.05, 0.1) is 13.7 Å². The third kappa shape index (κ3) is 3.75. The van der Waals surface area contributed by atoms with E-state index in [2.05, 4.69) is 0 Å². The Balaban J connectivity index is 2.80. The van der Waals surface area contributed by atoms with Crippen LogP contribution in [0, 0.1) is 6.92 Å². The first-order chi connectivity index (χ1) is 8.22. The molecule has 94 valence electrons. The van der Waals surface area contributed by atoms with Crippen LogP contribution in [-0.2, 0) is 4.74 Å². The minimum absolute atomic E-state index is 0.534. The summed E-state index contributed by atoms with van der Waals surface area (Å²) in [6, 6.07) is 3.46. The second-order valence-corrected chi connectivity index (χ2v) is 3.68. The average molecular weight is 238 g/mol. The zero-order chi connectivity index (χ0) is 12.7. The van der Waals surface area contributed by atoms with Crippen molar-refractivity contribution in [3.8, 4) is 11.5 Å². The fourth-order valence-electron chi connectivity index (χ4n) is 1.59. The summed E-state index contributed by atoms with van der Waals surface area (Å²) in [5.41, 5.74) is 1.48. The molecule has 0 heterocycles. The van der Waals surface area contributed by atoms with Crippen molar-refractivity contribution in [3.05, 3.63) is 23.3 Å². The second kappa shape index (κ2) is 6.91. The van der Waals surface area contributed by atoms with Crippen LogP contribution in [0.3, 0.4) is 0 Å². The van der Waals surface area contributed by atoms with Crippen LogP contribution < -0.4 is 9.47 Å². The molecule has 0 N–H and O–H groups in total. The maximum absolute atomic E-state index is 10.8. The third-order valence-electron chi connectivity index (χ3n) is 2.35. The molecule has 0 aromatic heterocycles. The fraction of sp³-hybridized carbons (Fsp3) is 0.462. The lowest BCUT2D eigenvalue weighted by atomic mass is 10.1. The molecular formula is C13H18O4. The van der Waals surface area contributed by atoms with Gasteiger partial charge < -0.3 is 14.2 Å². The average Bonchev–Trinajstić information content (AvgIpc) is 2.34. The van der Waals surface area contributed by atoms with Gasteiger partial charge in [-0.2, -0.15) is 0 Å². The van der Waals surface area contributed by atoms with E-state index >= 15 is 0 Å². The Labute approximate surface area is 101 Å². The highest BCUT2D eigenvalue weighted by Crippen LogP contribution is 2.31. The SMILES string of the molecule is COCCCOc1cc(C=O)cc(C)c1OC. The Morgan fingerprint density at radius 3 is 2.59 bits per heavy atom. The van der Waals surface area contributed by atoms with Crippen LogP contribution >= 0.6 is 0 Å². The molecule has 4 heteroatoms. The maximum Gasteiger partial charge on any atom is 0.163 e. The Kier molecular flexibility index (Phi) is 5.49. The molecule has 0 saturated carbocycles. The Bertz CT molecular complexity index is 374. The standard InChI is InChI=1S/C13H18O4/c1-10-7-11(9-14)8-12(13(10)16-3)17-6-4-5-15-2/h7-9H,4-6H2,1-3H3. The van der Waals surface area contributed by atoms with Crippen molar-refractivity contribution in [2.75, 3.05) is 27.4 Å². The number of aldehydes is 1. The fourth-order valence-corrected chi connectivity index (χ4v) is 1.59. The lowest BCUT2D eigenvalue weighted by Crippen LogP contribution is -2.04. The third-order valence-corrected chi connectivity index (χ3v) is 2.35. The summed E-state index contributed by atoms with van der Waals surface area (Å²) in [4.78, 5) is 10.8. The summed E-state index contributed by atoms with van der Waals surface area (Å²) in [5.74, 6) is 1.28. The highest BCUT2D eigenvalue weighted by molar-refractivity contribution is 5.77. The smallest absolute Gasteiger partial charge is 0.163 e. The van der Waals surface area contributed by atoms with E-state index in [1.54, 1.807) is 26.4 Å². The Morgan fingerprint density at radius 2 is 2.00 bits per heavy atom. The number of carbonyl (C=O) groups excluding carboxylic acids is 1. The minimum Gasteiger partial charge on any atom is -0.493 e. The van der Waals surface area contributed by atoms with Crippen LogP contribution in [0.5, 0.6) is 11.5 Å². The van der Waals surface area contributed by atoms with Gasteiger partial charge in [0.2, 0.25) is 0 Å². The summed E-state index contributed by atoms with van der Waals surface area (Å²) < 4.78 is 15.8. The van der Waals surface area contributed by atoms with Crippen molar-refractivity contribution in [2.45, 2.75) is 13.3 Å². The van der Waals surface area contributed by atoms with Crippen LogP contribution in [0.2, 0.25) is 0 Å². The van der Waals surface area contributed by atoms with Crippen LogP contribution in [0.15, 0.2) is 12.1 Å². The quantitative estimate of drug-likeness (QED) is 0.539. The highest BCUT2D eigenvalue weighted by atomic mass is 16.5. The van der Waals surface area contributed by atoms with Crippen LogP contribution in [0.4, 0.5) is 0 Å². The molecule has 0 unspecified atom stereocenters. The summed E-state index contributed by atoms with van der Waals surface area (Å²) in [7, 11) is 3.24. The molecule has 0 saturated heterocycles. The van der Waals surface area contributed by atoms with E-state index in [0.29, 0.717) is 30.3 Å². The van der Waals surface area contributed by atoms with Crippen LogP contribution in [0.25, 0.3) is 0 Å². The maximum atomic E-state index is 10.8.